The first-order chi connectivity index (χ1) is 14.0. The molecule has 146 valence electrons. The van der Waals surface area contributed by atoms with Gasteiger partial charge in [-0.05, 0) is 46.9 Å². The van der Waals surface area contributed by atoms with Gasteiger partial charge in [-0.15, -0.1) is 0 Å². The summed E-state index contributed by atoms with van der Waals surface area (Å²) in [6, 6.07) is 19.4. The highest BCUT2D eigenvalue weighted by Crippen LogP contribution is 2.44. The molecule has 6 heteroatoms. The molecule has 0 fully saturated rings. The van der Waals surface area contributed by atoms with Gasteiger partial charge in [-0.1, -0.05) is 64.5 Å². The predicted molar refractivity (Wildman–Crippen MR) is 115 cm³/mol. The van der Waals surface area contributed by atoms with Crippen LogP contribution in [0.25, 0.3) is 11.1 Å². The van der Waals surface area contributed by atoms with Crippen molar-refractivity contribution in [2.75, 3.05) is 11.9 Å². The minimum atomic E-state index is -1.11. The van der Waals surface area contributed by atoms with Crippen molar-refractivity contribution in [3.63, 3.8) is 0 Å². The SMILES string of the molecule is Cc1c(Br)ccc(NC(=O)OCC2c3ccccc3-c3ccccc32)c1C(=O)O. The Hall–Kier alpha value is -3.12. The first kappa shape index (κ1) is 19.2. The molecule has 1 aliphatic rings. The molecule has 0 radical (unpaired) electrons. The lowest BCUT2D eigenvalue weighted by Gasteiger charge is -2.16. The van der Waals surface area contributed by atoms with Crippen molar-refractivity contribution in [1.82, 2.24) is 0 Å². The van der Waals surface area contributed by atoms with Gasteiger partial charge in [-0.25, -0.2) is 9.59 Å². The van der Waals surface area contributed by atoms with Gasteiger partial charge in [0.25, 0.3) is 0 Å². The molecule has 0 atom stereocenters. The summed E-state index contributed by atoms with van der Waals surface area (Å²) in [5, 5.41) is 12.1. The van der Waals surface area contributed by atoms with Crippen molar-refractivity contribution in [3.8, 4) is 11.1 Å². The van der Waals surface area contributed by atoms with Crippen LogP contribution in [0.3, 0.4) is 0 Å². The minimum absolute atomic E-state index is 0.0351. The van der Waals surface area contributed by atoms with Crippen molar-refractivity contribution in [1.29, 1.82) is 0 Å². The molecule has 0 heterocycles. The molecule has 29 heavy (non-hydrogen) atoms. The normalized spacial score (nSPS) is 12.2. The van der Waals surface area contributed by atoms with Crippen LogP contribution in [0.5, 0.6) is 0 Å². The van der Waals surface area contributed by atoms with Crippen LogP contribution < -0.4 is 5.32 Å². The molecule has 1 amide bonds. The molecule has 5 nitrogen and oxygen atoms in total. The second-order valence-corrected chi connectivity index (χ2v) is 7.70. The van der Waals surface area contributed by atoms with E-state index in [1.807, 2.05) is 36.4 Å². The van der Waals surface area contributed by atoms with Crippen LogP contribution in [-0.4, -0.2) is 23.8 Å². The van der Waals surface area contributed by atoms with E-state index in [0.29, 0.717) is 10.0 Å². The van der Waals surface area contributed by atoms with E-state index in [-0.39, 0.29) is 23.8 Å². The van der Waals surface area contributed by atoms with Crippen LogP contribution in [-0.2, 0) is 4.74 Å². The number of aromatic carboxylic acids is 1. The lowest BCUT2D eigenvalue weighted by Crippen LogP contribution is -2.19. The number of rotatable bonds is 4. The molecule has 0 aromatic heterocycles. The number of carboxylic acid groups (broad SMARTS) is 1. The third kappa shape index (κ3) is 3.51. The predicted octanol–water partition coefficient (Wildman–Crippen LogP) is 5.82. The number of anilines is 1. The lowest BCUT2D eigenvalue weighted by molar-refractivity contribution is 0.0697. The summed E-state index contributed by atoms with van der Waals surface area (Å²) in [5.41, 5.74) is 5.30. The Morgan fingerprint density at radius 2 is 1.59 bits per heavy atom. The van der Waals surface area contributed by atoms with Gasteiger partial charge in [0.15, 0.2) is 0 Å². The van der Waals surface area contributed by atoms with E-state index in [0.717, 1.165) is 22.3 Å². The molecule has 0 saturated heterocycles. The van der Waals surface area contributed by atoms with Gasteiger partial charge in [0.1, 0.15) is 6.61 Å². The molecule has 0 bridgehead atoms. The number of hydrogen-bond acceptors (Lipinski definition) is 3. The third-order valence-electron chi connectivity index (χ3n) is 5.19. The highest BCUT2D eigenvalue weighted by atomic mass is 79.9. The lowest BCUT2D eigenvalue weighted by atomic mass is 9.98. The fourth-order valence-corrected chi connectivity index (χ4v) is 4.14. The van der Waals surface area contributed by atoms with Crippen molar-refractivity contribution in [3.05, 3.63) is 87.4 Å². The summed E-state index contributed by atoms with van der Waals surface area (Å²) in [4.78, 5) is 24.0. The Morgan fingerprint density at radius 1 is 1.00 bits per heavy atom. The standard InChI is InChI=1S/C23H18BrNO4/c1-13-19(24)10-11-20(21(13)22(26)27)25-23(28)29-12-18-16-8-4-2-6-14(16)15-7-3-5-9-17(15)18/h2-11,18H,12H2,1H3,(H,25,28)(H,26,27). The zero-order valence-corrected chi connectivity index (χ0v) is 17.2. The molecule has 0 spiro atoms. The van der Waals surface area contributed by atoms with Gasteiger partial charge < -0.3 is 9.84 Å². The molecule has 3 aromatic carbocycles. The molecular formula is C23H18BrNO4. The van der Waals surface area contributed by atoms with Crippen molar-refractivity contribution in [2.24, 2.45) is 0 Å². The quantitative estimate of drug-likeness (QED) is 0.524. The van der Waals surface area contributed by atoms with E-state index in [9.17, 15) is 14.7 Å². The van der Waals surface area contributed by atoms with Crippen LogP contribution in [0.1, 0.15) is 33.0 Å². The second kappa shape index (κ2) is 7.72. The number of benzene rings is 3. The van der Waals surface area contributed by atoms with E-state index in [2.05, 4.69) is 33.4 Å². The molecule has 0 unspecified atom stereocenters. The van der Waals surface area contributed by atoms with Crippen LogP contribution in [0.15, 0.2) is 65.1 Å². The third-order valence-corrected chi connectivity index (χ3v) is 6.05. The largest absolute Gasteiger partial charge is 0.478 e. The van der Waals surface area contributed by atoms with Gasteiger partial charge in [0, 0.05) is 10.4 Å². The van der Waals surface area contributed by atoms with Crippen LogP contribution in [0.4, 0.5) is 10.5 Å². The Balaban J connectivity index is 1.53. The Bertz CT molecular complexity index is 1080. The van der Waals surface area contributed by atoms with E-state index < -0.39 is 12.1 Å². The summed E-state index contributed by atoms with van der Waals surface area (Å²) in [5.74, 6) is -1.17. The van der Waals surface area contributed by atoms with Crippen molar-refractivity contribution >= 4 is 33.7 Å². The zero-order valence-electron chi connectivity index (χ0n) is 15.6. The Morgan fingerprint density at radius 3 is 2.17 bits per heavy atom. The number of ether oxygens (including phenoxy) is 1. The molecule has 0 aliphatic heterocycles. The van der Waals surface area contributed by atoms with Crippen molar-refractivity contribution < 1.29 is 19.4 Å². The molecule has 1 aliphatic carbocycles. The highest BCUT2D eigenvalue weighted by molar-refractivity contribution is 9.10. The summed E-state index contributed by atoms with van der Waals surface area (Å²) >= 11 is 3.31. The van der Waals surface area contributed by atoms with Gasteiger partial charge in [-0.2, -0.15) is 0 Å². The molecule has 4 rings (SSSR count). The van der Waals surface area contributed by atoms with E-state index >= 15 is 0 Å². The molecule has 0 saturated carbocycles. The Kier molecular flexibility index (Phi) is 5.11. The zero-order chi connectivity index (χ0) is 20.5. The molecular weight excluding hydrogens is 434 g/mol. The first-order valence-corrected chi connectivity index (χ1v) is 9.91. The topological polar surface area (TPSA) is 75.6 Å². The fraction of sp³-hybridized carbons (Fsp3) is 0.130. The summed E-state index contributed by atoms with van der Waals surface area (Å²) in [7, 11) is 0. The smallest absolute Gasteiger partial charge is 0.411 e. The molecule has 2 N–H and O–H groups in total. The highest BCUT2D eigenvalue weighted by Gasteiger charge is 2.29. The van der Waals surface area contributed by atoms with E-state index in [1.54, 1.807) is 19.1 Å². The Labute approximate surface area is 176 Å². The summed E-state index contributed by atoms with van der Waals surface area (Å²) in [6.07, 6.45) is -0.684. The van der Waals surface area contributed by atoms with Crippen LogP contribution in [0.2, 0.25) is 0 Å². The maximum Gasteiger partial charge on any atom is 0.411 e. The van der Waals surface area contributed by atoms with Crippen LogP contribution >= 0.6 is 15.9 Å². The van der Waals surface area contributed by atoms with Gasteiger partial charge in [0.2, 0.25) is 0 Å². The number of carbonyl (C=O) groups is 2. The first-order valence-electron chi connectivity index (χ1n) is 9.11. The van der Waals surface area contributed by atoms with Crippen LogP contribution in [0, 0.1) is 6.92 Å². The maximum atomic E-state index is 12.4. The number of carboxylic acids is 1. The van der Waals surface area contributed by atoms with Gasteiger partial charge >= 0.3 is 12.1 Å². The summed E-state index contributed by atoms with van der Waals surface area (Å²) < 4.78 is 6.15. The monoisotopic (exact) mass is 451 g/mol. The molecule has 3 aromatic rings. The fourth-order valence-electron chi connectivity index (χ4n) is 3.81. The number of carbonyl (C=O) groups excluding carboxylic acids is 1. The van der Waals surface area contributed by atoms with E-state index in [1.165, 1.54) is 0 Å². The number of hydrogen-bond donors (Lipinski definition) is 2. The number of fused-ring (bicyclic) bond motifs is 3. The average molecular weight is 452 g/mol. The van der Waals surface area contributed by atoms with Gasteiger partial charge in [-0.3, -0.25) is 5.32 Å². The average Bonchev–Trinajstić information content (AvgIpc) is 3.03. The maximum absolute atomic E-state index is 12.4. The second-order valence-electron chi connectivity index (χ2n) is 6.85. The van der Waals surface area contributed by atoms with E-state index in [4.69, 9.17) is 4.74 Å². The number of halogens is 1. The number of nitrogens with one attached hydrogen (secondary N) is 1. The number of amides is 1. The van der Waals surface area contributed by atoms with Gasteiger partial charge in [0.05, 0.1) is 11.3 Å². The summed E-state index contributed by atoms with van der Waals surface area (Å²) in [6.45, 7) is 1.84. The van der Waals surface area contributed by atoms with Crippen molar-refractivity contribution in [2.45, 2.75) is 12.8 Å². The minimum Gasteiger partial charge on any atom is -0.478 e.